The smallest absolute Gasteiger partial charge is 0.194 e. The van der Waals surface area contributed by atoms with Gasteiger partial charge in [-0.15, -0.1) is 0 Å². The minimum Gasteiger partial charge on any atom is -0.494 e. The molecule has 4 nitrogen and oxygen atoms in total. The molecule has 1 aromatic heterocycles. The number of piperidine rings is 1. The fraction of sp³-hybridized carbons (Fsp3) is 0.360. The molecule has 3 aromatic rings. The summed E-state index contributed by atoms with van der Waals surface area (Å²) in [5.74, 6) is 0.831. The largest absolute Gasteiger partial charge is 0.494 e. The average molecular weight is 386 g/mol. The van der Waals surface area contributed by atoms with Crippen molar-refractivity contribution in [3.8, 4) is 17.0 Å². The molecule has 1 aliphatic carbocycles. The minimum atomic E-state index is 0.0571. The Morgan fingerprint density at radius 3 is 2.62 bits per heavy atom. The summed E-state index contributed by atoms with van der Waals surface area (Å²) in [6, 6.07) is 13.6. The van der Waals surface area contributed by atoms with Gasteiger partial charge in [0.05, 0.1) is 12.3 Å². The molecule has 0 bridgehead atoms. The Bertz CT molecular complexity index is 1050. The van der Waals surface area contributed by atoms with Crippen LogP contribution in [0.2, 0.25) is 0 Å². The van der Waals surface area contributed by atoms with Crippen LogP contribution in [0.4, 0.5) is 0 Å². The van der Waals surface area contributed by atoms with E-state index in [4.69, 9.17) is 4.74 Å². The standard InChI is InChI=1S/C25H26N2O2/c28-25-21-9-3-2-8-20(21)24-23-18(10-11-26-24)16-19(17-22(23)25)29-15-7-6-14-27-12-4-1-5-13-27/h2-3,8-11,16-17H,1,4-7,12-15H2. The number of unbranched alkanes of at least 4 members (excludes halogenated alkanes) is 1. The molecule has 0 radical (unpaired) electrons. The van der Waals surface area contributed by atoms with Crippen LogP contribution in [-0.2, 0) is 0 Å². The zero-order chi connectivity index (χ0) is 19.6. The number of aromatic nitrogens is 1. The first kappa shape index (κ1) is 18.3. The lowest BCUT2D eigenvalue weighted by Crippen LogP contribution is -2.30. The Morgan fingerprint density at radius 2 is 1.76 bits per heavy atom. The van der Waals surface area contributed by atoms with E-state index in [2.05, 4.69) is 9.88 Å². The molecule has 0 saturated carbocycles. The third kappa shape index (κ3) is 3.53. The molecule has 1 aliphatic heterocycles. The van der Waals surface area contributed by atoms with Crippen molar-refractivity contribution in [1.29, 1.82) is 0 Å². The third-order valence-corrected chi connectivity index (χ3v) is 6.09. The summed E-state index contributed by atoms with van der Waals surface area (Å²) in [7, 11) is 0. The quantitative estimate of drug-likeness (QED) is 0.433. The van der Waals surface area contributed by atoms with Crippen molar-refractivity contribution in [3.05, 3.63) is 59.8 Å². The van der Waals surface area contributed by atoms with Crippen LogP contribution in [0.15, 0.2) is 48.7 Å². The summed E-state index contributed by atoms with van der Waals surface area (Å²) in [4.78, 5) is 20.2. The van der Waals surface area contributed by atoms with E-state index in [0.717, 1.165) is 52.7 Å². The summed E-state index contributed by atoms with van der Waals surface area (Å²) in [6.45, 7) is 4.34. The van der Waals surface area contributed by atoms with E-state index in [0.29, 0.717) is 12.2 Å². The number of pyridine rings is 1. The second-order valence-electron chi connectivity index (χ2n) is 8.06. The highest BCUT2D eigenvalue weighted by Crippen LogP contribution is 2.39. The number of ether oxygens (including phenoxy) is 1. The van der Waals surface area contributed by atoms with Crippen molar-refractivity contribution in [1.82, 2.24) is 9.88 Å². The first-order valence-electron chi connectivity index (χ1n) is 10.7. The molecule has 2 heterocycles. The van der Waals surface area contributed by atoms with Crippen LogP contribution < -0.4 is 4.74 Å². The second-order valence-corrected chi connectivity index (χ2v) is 8.06. The summed E-state index contributed by atoms with van der Waals surface area (Å²) in [5.41, 5.74) is 3.23. The van der Waals surface area contributed by atoms with Crippen LogP contribution in [0.1, 0.15) is 48.0 Å². The van der Waals surface area contributed by atoms with Gasteiger partial charge in [0.15, 0.2) is 5.78 Å². The molecule has 0 amide bonds. The monoisotopic (exact) mass is 386 g/mol. The molecule has 1 fully saturated rings. The second kappa shape index (κ2) is 7.96. The van der Waals surface area contributed by atoms with Gasteiger partial charge in [0, 0.05) is 28.3 Å². The summed E-state index contributed by atoms with van der Waals surface area (Å²) < 4.78 is 6.06. The Morgan fingerprint density at radius 1 is 0.931 bits per heavy atom. The van der Waals surface area contributed by atoms with Gasteiger partial charge in [-0.05, 0) is 68.9 Å². The van der Waals surface area contributed by atoms with Gasteiger partial charge in [-0.3, -0.25) is 9.78 Å². The van der Waals surface area contributed by atoms with Gasteiger partial charge in [0.1, 0.15) is 5.75 Å². The highest BCUT2D eigenvalue weighted by Gasteiger charge is 2.26. The van der Waals surface area contributed by atoms with Crippen molar-refractivity contribution in [2.45, 2.75) is 32.1 Å². The minimum absolute atomic E-state index is 0.0571. The molecule has 0 atom stereocenters. The van der Waals surface area contributed by atoms with E-state index in [1.807, 2.05) is 48.7 Å². The number of rotatable bonds is 6. The van der Waals surface area contributed by atoms with E-state index >= 15 is 0 Å². The normalized spacial score (nSPS) is 16.1. The molecule has 1 saturated heterocycles. The van der Waals surface area contributed by atoms with Crippen LogP contribution in [-0.4, -0.2) is 41.9 Å². The van der Waals surface area contributed by atoms with E-state index in [-0.39, 0.29) is 5.78 Å². The van der Waals surface area contributed by atoms with Crippen molar-refractivity contribution >= 4 is 16.6 Å². The van der Waals surface area contributed by atoms with Gasteiger partial charge in [-0.2, -0.15) is 0 Å². The number of carbonyl (C=O) groups excluding carboxylic acids is 1. The molecule has 4 heteroatoms. The lowest BCUT2D eigenvalue weighted by molar-refractivity contribution is 0.103. The van der Waals surface area contributed by atoms with E-state index < -0.39 is 0 Å². The van der Waals surface area contributed by atoms with Gasteiger partial charge in [-0.1, -0.05) is 30.7 Å². The van der Waals surface area contributed by atoms with Crippen LogP contribution in [0.3, 0.4) is 0 Å². The highest BCUT2D eigenvalue weighted by atomic mass is 16.5. The molecule has 0 unspecified atom stereocenters. The number of benzene rings is 2. The molecule has 148 valence electrons. The Labute approximate surface area is 171 Å². The van der Waals surface area contributed by atoms with Crippen LogP contribution in [0, 0.1) is 0 Å². The predicted molar refractivity (Wildman–Crippen MR) is 116 cm³/mol. The molecule has 2 aromatic carbocycles. The molecule has 0 N–H and O–H groups in total. The first-order chi connectivity index (χ1) is 14.3. The molecular weight excluding hydrogens is 360 g/mol. The van der Waals surface area contributed by atoms with Gasteiger partial charge >= 0.3 is 0 Å². The fourth-order valence-electron chi connectivity index (χ4n) is 4.60. The van der Waals surface area contributed by atoms with Crippen molar-refractivity contribution < 1.29 is 9.53 Å². The number of fused-ring (bicyclic) bond motifs is 2. The molecule has 29 heavy (non-hydrogen) atoms. The van der Waals surface area contributed by atoms with Crippen molar-refractivity contribution in [2.75, 3.05) is 26.2 Å². The number of nitrogens with zero attached hydrogens (tertiary/aromatic N) is 2. The number of hydrogen-bond donors (Lipinski definition) is 0. The Kier molecular flexibility index (Phi) is 5.03. The average Bonchev–Trinajstić information content (AvgIpc) is 2.77. The van der Waals surface area contributed by atoms with Gasteiger partial charge in [0.2, 0.25) is 0 Å². The topological polar surface area (TPSA) is 42.4 Å². The van der Waals surface area contributed by atoms with Gasteiger partial charge in [-0.25, -0.2) is 0 Å². The van der Waals surface area contributed by atoms with Crippen LogP contribution in [0.5, 0.6) is 5.75 Å². The van der Waals surface area contributed by atoms with Crippen molar-refractivity contribution in [2.24, 2.45) is 0 Å². The molecule has 2 aliphatic rings. The van der Waals surface area contributed by atoms with E-state index in [1.165, 1.54) is 32.4 Å². The molecule has 0 spiro atoms. The van der Waals surface area contributed by atoms with Crippen LogP contribution in [0.25, 0.3) is 22.0 Å². The number of ketones is 1. The SMILES string of the molecule is O=C1c2ccccc2-c2nccc3cc(OCCCCN4CCCCC4)cc1c23. The summed E-state index contributed by atoms with van der Waals surface area (Å²) in [5, 5.41) is 1.95. The third-order valence-electron chi connectivity index (χ3n) is 6.09. The van der Waals surface area contributed by atoms with E-state index in [1.54, 1.807) is 0 Å². The lowest BCUT2D eigenvalue weighted by Gasteiger charge is -2.26. The lowest BCUT2D eigenvalue weighted by atomic mass is 9.85. The molecule has 5 rings (SSSR count). The van der Waals surface area contributed by atoms with Gasteiger partial charge in [0.25, 0.3) is 0 Å². The van der Waals surface area contributed by atoms with E-state index in [9.17, 15) is 4.79 Å². The number of hydrogen-bond acceptors (Lipinski definition) is 4. The van der Waals surface area contributed by atoms with Crippen molar-refractivity contribution in [3.63, 3.8) is 0 Å². The maximum absolute atomic E-state index is 13.1. The predicted octanol–water partition coefficient (Wildman–Crippen LogP) is 5.09. The first-order valence-corrected chi connectivity index (χ1v) is 10.7. The highest BCUT2D eigenvalue weighted by molar-refractivity contribution is 6.25. The van der Waals surface area contributed by atoms with Crippen LogP contribution >= 0.6 is 0 Å². The summed E-state index contributed by atoms with van der Waals surface area (Å²) >= 11 is 0. The number of likely N-dealkylation sites (tertiary alicyclic amines) is 1. The van der Waals surface area contributed by atoms with Gasteiger partial charge < -0.3 is 9.64 Å². The number of carbonyl (C=O) groups is 1. The zero-order valence-corrected chi connectivity index (χ0v) is 16.7. The molecular formula is C25H26N2O2. The Balaban J connectivity index is 1.32. The summed E-state index contributed by atoms with van der Waals surface area (Å²) in [6.07, 6.45) is 8.05. The Hall–Kier alpha value is -2.72. The fourth-order valence-corrected chi connectivity index (χ4v) is 4.60. The zero-order valence-electron chi connectivity index (χ0n) is 16.7. The maximum Gasteiger partial charge on any atom is 0.194 e. The maximum atomic E-state index is 13.1.